The molecule has 0 aliphatic rings. The van der Waals surface area contributed by atoms with Gasteiger partial charge in [-0.2, -0.15) is 0 Å². The van der Waals surface area contributed by atoms with Crippen LogP contribution in [0.4, 0.5) is 0 Å². The van der Waals surface area contributed by atoms with Crippen molar-refractivity contribution < 1.29 is 9.84 Å². The molecule has 20 heavy (non-hydrogen) atoms. The summed E-state index contributed by atoms with van der Waals surface area (Å²) in [6.45, 7) is 7.00. The molecule has 0 amide bonds. The number of hydrogen-bond donors (Lipinski definition) is 2. The Morgan fingerprint density at radius 2 is 1.95 bits per heavy atom. The second kappa shape index (κ2) is 10.2. The normalized spacial score (nSPS) is 10.8. The number of aliphatic hydroxyl groups is 1. The lowest BCUT2D eigenvalue weighted by molar-refractivity contribution is 0.272. The fraction of sp³-hybridized carbons (Fsp3) is 0.625. The van der Waals surface area contributed by atoms with E-state index in [1.54, 1.807) is 0 Å². The zero-order valence-corrected chi connectivity index (χ0v) is 14.1. The van der Waals surface area contributed by atoms with Crippen molar-refractivity contribution in [1.29, 1.82) is 0 Å². The first-order chi connectivity index (χ1) is 9.69. The Kier molecular flexibility index (Phi) is 8.90. The van der Waals surface area contributed by atoms with Crippen molar-refractivity contribution in [3.8, 4) is 5.75 Å². The topological polar surface area (TPSA) is 41.5 Å². The number of nitrogens with one attached hydrogen (secondary N) is 1. The molecule has 0 aromatic heterocycles. The van der Waals surface area contributed by atoms with Crippen molar-refractivity contribution in [2.24, 2.45) is 0 Å². The molecule has 114 valence electrons. The van der Waals surface area contributed by atoms with Crippen LogP contribution in [0.1, 0.15) is 43.7 Å². The summed E-state index contributed by atoms with van der Waals surface area (Å²) in [6, 6.07) is 4.22. The zero-order valence-electron chi connectivity index (χ0n) is 12.5. The molecule has 0 spiro atoms. The van der Waals surface area contributed by atoms with E-state index < -0.39 is 0 Å². The highest BCUT2D eigenvalue weighted by molar-refractivity contribution is 9.10. The number of hydrogen-bond acceptors (Lipinski definition) is 3. The highest BCUT2D eigenvalue weighted by Gasteiger charge is 2.08. The Bertz CT molecular complexity index is 396. The van der Waals surface area contributed by atoms with Crippen LogP contribution in [-0.4, -0.2) is 24.9 Å². The molecule has 0 unspecified atom stereocenters. The summed E-state index contributed by atoms with van der Waals surface area (Å²) in [5.74, 6) is 1.01. The molecule has 0 atom stereocenters. The fourth-order valence-electron chi connectivity index (χ4n) is 2.14. The summed E-state index contributed by atoms with van der Waals surface area (Å²) < 4.78 is 7.07. The van der Waals surface area contributed by atoms with Crippen LogP contribution >= 0.6 is 15.9 Å². The van der Waals surface area contributed by atoms with E-state index in [9.17, 15) is 0 Å². The predicted octanol–water partition coefficient (Wildman–Crippen LogP) is 3.80. The first kappa shape index (κ1) is 17.5. The van der Waals surface area contributed by atoms with Gasteiger partial charge in [-0.15, -0.1) is 0 Å². The van der Waals surface area contributed by atoms with E-state index in [1.165, 1.54) is 11.1 Å². The van der Waals surface area contributed by atoms with Gasteiger partial charge in [-0.3, -0.25) is 0 Å². The number of ether oxygens (including phenoxy) is 1. The van der Waals surface area contributed by atoms with Crippen LogP contribution in [0.5, 0.6) is 5.75 Å². The van der Waals surface area contributed by atoms with Crippen LogP contribution in [0.3, 0.4) is 0 Å². The average molecular weight is 344 g/mol. The number of aliphatic hydroxyl groups excluding tert-OH is 1. The molecule has 1 rings (SSSR count). The molecule has 0 saturated carbocycles. The van der Waals surface area contributed by atoms with E-state index in [0.29, 0.717) is 6.61 Å². The van der Waals surface area contributed by atoms with E-state index in [2.05, 4.69) is 47.2 Å². The molecule has 2 N–H and O–H groups in total. The van der Waals surface area contributed by atoms with Crippen molar-refractivity contribution in [2.75, 3.05) is 19.8 Å². The van der Waals surface area contributed by atoms with Gasteiger partial charge in [0.2, 0.25) is 0 Å². The average Bonchev–Trinajstić information content (AvgIpc) is 2.42. The smallest absolute Gasteiger partial charge is 0.126 e. The summed E-state index contributed by atoms with van der Waals surface area (Å²) >= 11 is 3.54. The standard InChI is InChI=1S/C16H26BrNO2/c1-3-18-12-14-11-15(17)10-13(2)16(14)20-9-7-5-4-6-8-19/h10-11,18-19H,3-9,12H2,1-2H3. The lowest BCUT2D eigenvalue weighted by Crippen LogP contribution is -2.13. The van der Waals surface area contributed by atoms with Gasteiger partial charge in [-0.1, -0.05) is 29.3 Å². The van der Waals surface area contributed by atoms with E-state index in [0.717, 1.165) is 55.6 Å². The lowest BCUT2D eigenvalue weighted by Gasteiger charge is -2.15. The molecule has 3 nitrogen and oxygen atoms in total. The Morgan fingerprint density at radius 1 is 1.20 bits per heavy atom. The molecular formula is C16H26BrNO2. The number of rotatable bonds is 10. The highest BCUT2D eigenvalue weighted by Crippen LogP contribution is 2.28. The van der Waals surface area contributed by atoms with E-state index in [4.69, 9.17) is 9.84 Å². The molecule has 1 aromatic rings. The second-order valence-electron chi connectivity index (χ2n) is 4.98. The van der Waals surface area contributed by atoms with Crippen molar-refractivity contribution >= 4 is 15.9 Å². The molecule has 1 aromatic carbocycles. The van der Waals surface area contributed by atoms with Crippen LogP contribution in [0.25, 0.3) is 0 Å². The SMILES string of the molecule is CCNCc1cc(Br)cc(C)c1OCCCCCCO. The molecule has 0 saturated heterocycles. The van der Waals surface area contributed by atoms with Gasteiger partial charge in [0.05, 0.1) is 6.61 Å². The van der Waals surface area contributed by atoms with Gasteiger partial charge in [-0.05, 0) is 50.4 Å². The Morgan fingerprint density at radius 3 is 2.65 bits per heavy atom. The van der Waals surface area contributed by atoms with Crippen LogP contribution in [-0.2, 0) is 6.54 Å². The van der Waals surface area contributed by atoms with E-state index in [1.807, 2.05) is 0 Å². The summed E-state index contributed by atoms with van der Waals surface area (Å²) in [5.41, 5.74) is 2.37. The summed E-state index contributed by atoms with van der Waals surface area (Å²) in [5, 5.41) is 12.1. The molecule has 0 bridgehead atoms. The van der Waals surface area contributed by atoms with Gasteiger partial charge in [0.15, 0.2) is 0 Å². The summed E-state index contributed by atoms with van der Waals surface area (Å²) in [6.07, 6.45) is 4.11. The minimum Gasteiger partial charge on any atom is -0.493 e. The molecule has 0 radical (unpaired) electrons. The van der Waals surface area contributed by atoms with Gasteiger partial charge >= 0.3 is 0 Å². The summed E-state index contributed by atoms with van der Waals surface area (Å²) in [4.78, 5) is 0. The molecule has 0 aliphatic carbocycles. The third kappa shape index (κ3) is 6.25. The third-order valence-electron chi connectivity index (χ3n) is 3.18. The number of unbranched alkanes of at least 4 members (excludes halogenated alkanes) is 3. The van der Waals surface area contributed by atoms with Crippen LogP contribution in [0.15, 0.2) is 16.6 Å². The van der Waals surface area contributed by atoms with Crippen LogP contribution in [0.2, 0.25) is 0 Å². The predicted molar refractivity (Wildman–Crippen MR) is 87.3 cm³/mol. The Balaban J connectivity index is 2.53. The Hall–Kier alpha value is -0.580. The van der Waals surface area contributed by atoms with Crippen molar-refractivity contribution in [2.45, 2.75) is 46.1 Å². The number of halogens is 1. The minimum atomic E-state index is 0.291. The fourth-order valence-corrected chi connectivity index (χ4v) is 2.76. The minimum absolute atomic E-state index is 0.291. The third-order valence-corrected chi connectivity index (χ3v) is 3.64. The van der Waals surface area contributed by atoms with E-state index in [-0.39, 0.29) is 0 Å². The largest absolute Gasteiger partial charge is 0.493 e. The van der Waals surface area contributed by atoms with Gasteiger partial charge in [0.25, 0.3) is 0 Å². The van der Waals surface area contributed by atoms with Gasteiger partial charge in [0, 0.05) is 23.2 Å². The molecule has 4 heteroatoms. The van der Waals surface area contributed by atoms with Gasteiger partial charge in [-0.25, -0.2) is 0 Å². The number of benzene rings is 1. The quantitative estimate of drug-likeness (QED) is 0.635. The monoisotopic (exact) mass is 343 g/mol. The maximum absolute atomic E-state index is 8.74. The zero-order chi connectivity index (χ0) is 14.8. The maximum Gasteiger partial charge on any atom is 0.126 e. The second-order valence-corrected chi connectivity index (χ2v) is 5.89. The highest BCUT2D eigenvalue weighted by atomic mass is 79.9. The molecule has 0 fully saturated rings. The summed E-state index contributed by atoms with van der Waals surface area (Å²) in [7, 11) is 0. The lowest BCUT2D eigenvalue weighted by atomic mass is 10.1. The van der Waals surface area contributed by atoms with Gasteiger partial charge < -0.3 is 15.2 Å². The Labute approximate surface area is 130 Å². The van der Waals surface area contributed by atoms with Crippen molar-refractivity contribution in [3.05, 3.63) is 27.7 Å². The van der Waals surface area contributed by atoms with Gasteiger partial charge in [0.1, 0.15) is 5.75 Å². The van der Waals surface area contributed by atoms with E-state index >= 15 is 0 Å². The first-order valence-corrected chi connectivity index (χ1v) is 8.21. The molecule has 0 aliphatic heterocycles. The van der Waals surface area contributed by atoms with Crippen molar-refractivity contribution in [3.63, 3.8) is 0 Å². The molecular weight excluding hydrogens is 318 g/mol. The number of aryl methyl sites for hydroxylation is 1. The van der Waals surface area contributed by atoms with Crippen molar-refractivity contribution in [1.82, 2.24) is 5.32 Å². The maximum atomic E-state index is 8.74. The first-order valence-electron chi connectivity index (χ1n) is 7.42. The molecule has 0 heterocycles. The van der Waals surface area contributed by atoms with Crippen LogP contribution in [0, 0.1) is 6.92 Å². The van der Waals surface area contributed by atoms with Crippen LogP contribution < -0.4 is 10.1 Å².